The van der Waals surface area contributed by atoms with Crippen LogP contribution in [0.3, 0.4) is 0 Å². The number of nitrogens with two attached hydrogens (primary N) is 1. The summed E-state index contributed by atoms with van der Waals surface area (Å²) in [7, 11) is 0. The van der Waals surface area contributed by atoms with Crippen molar-refractivity contribution in [3.63, 3.8) is 0 Å². The van der Waals surface area contributed by atoms with Crippen molar-refractivity contribution in [3.05, 3.63) is 10.4 Å². The van der Waals surface area contributed by atoms with E-state index < -0.39 is 36.2 Å². The van der Waals surface area contributed by atoms with Crippen molar-refractivity contribution in [1.82, 2.24) is 10.8 Å². The van der Waals surface area contributed by atoms with Gasteiger partial charge >= 0.3 is 0 Å². The van der Waals surface area contributed by atoms with Crippen LogP contribution >= 0.6 is 0 Å². The van der Waals surface area contributed by atoms with Gasteiger partial charge in [0.1, 0.15) is 23.4 Å². The third-order valence-electron chi connectivity index (χ3n) is 3.42. The summed E-state index contributed by atoms with van der Waals surface area (Å²) in [4.78, 5) is 6.62. The Labute approximate surface area is 126 Å². The number of aliphatic hydroxyl groups is 2. The van der Waals surface area contributed by atoms with Gasteiger partial charge in [0.05, 0.1) is 6.61 Å². The number of azide groups is 1. The third-order valence-corrected chi connectivity index (χ3v) is 3.42. The molecule has 0 aromatic rings. The Bertz CT molecular complexity index is 495. The average molecular weight is 316 g/mol. The molecule has 5 atom stereocenters. The molecule has 0 radical (unpaired) electrons. The second-order valence-corrected chi connectivity index (χ2v) is 5.19. The van der Waals surface area contributed by atoms with E-state index in [0.717, 1.165) is 6.21 Å². The highest BCUT2D eigenvalue weighted by Gasteiger charge is 2.59. The van der Waals surface area contributed by atoms with Crippen LogP contribution in [0, 0.1) is 5.41 Å². The number of hydroxylamine groups is 1. The van der Waals surface area contributed by atoms with Crippen LogP contribution in [0.2, 0.25) is 0 Å². The van der Waals surface area contributed by atoms with Crippen molar-refractivity contribution >= 4 is 12.2 Å². The van der Waals surface area contributed by atoms with E-state index in [-0.39, 0.29) is 5.96 Å². The fourth-order valence-corrected chi connectivity index (χ4v) is 2.09. The first-order valence-electron chi connectivity index (χ1n) is 6.31. The van der Waals surface area contributed by atoms with Gasteiger partial charge in [-0.05, 0) is 19.4 Å². The molecule has 1 saturated heterocycles. The van der Waals surface area contributed by atoms with E-state index in [4.69, 9.17) is 26.6 Å². The summed E-state index contributed by atoms with van der Waals surface area (Å²) in [6, 6.07) is 0. The quantitative estimate of drug-likeness (QED) is 0.0599. The van der Waals surface area contributed by atoms with Crippen LogP contribution in [-0.4, -0.2) is 63.8 Å². The van der Waals surface area contributed by atoms with Gasteiger partial charge in [-0.2, -0.15) is 0 Å². The van der Waals surface area contributed by atoms with Gasteiger partial charge < -0.3 is 31.4 Å². The lowest BCUT2D eigenvalue weighted by Gasteiger charge is -2.28. The Hall–Kier alpha value is -1.95. The third kappa shape index (κ3) is 3.27. The maximum atomic E-state index is 10.3. The van der Waals surface area contributed by atoms with Gasteiger partial charge in [-0.1, -0.05) is 5.11 Å². The predicted molar refractivity (Wildman–Crippen MR) is 76.2 cm³/mol. The zero-order valence-electron chi connectivity index (χ0n) is 12.1. The van der Waals surface area contributed by atoms with Gasteiger partial charge in [-0.25, -0.2) is 10.5 Å². The number of aliphatic imine (C=N–C) groups is 1. The fraction of sp³-hybridized carbons (Fsp3) is 0.800. The molecule has 0 aliphatic carbocycles. The van der Waals surface area contributed by atoms with Gasteiger partial charge in [-0.15, -0.1) is 0 Å². The number of ether oxygens (including phenoxy) is 1. The molecule has 1 rings (SSSR count). The molecule has 8 N–H and O–H groups in total. The monoisotopic (exact) mass is 316 g/mol. The van der Waals surface area contributed by atoms with E-state index >= 15 is 0 Å². The van der Waals surface area contributed by atoms with Crippen LogP contribution in [0.4, 0.5) is 0 Å². The first-order valence-corrected chi connectivity index (χ1v) is 6.31. The number of aliphatic hydroxyl groups excluding tert-OH is 2. The zero-order chi connectivity index (χ0) is 17.0. The van der Waals surface area contributed by atoms with Crippen molar-refractivity contribution in [2.45, 2.75) is 43.5 Å². The van der Waals surface area contributed by atoms with Crippen LogP contribution in [0.25, 0.3) is 10.4 Å². The molecule has 0 saturated carbocycles. The Morgan fingerprint density at radius 1 is 1.64 bits per heavy atom. The van der Waals surface area contributed by atoms with Crippen LogP contribution in [0.15, 0.2) is 10.1 Å². The van der Waals surface area contributed by atoms with E-state index in [2.05, 4.69) is 20.3 Å². The Morgan fingerprint density at radius 3 is 2.73 bits per heavy atom. The van der Waals surface area contributed by atoms with E-state index in [1.807, 2.05) is 0 Å². The Kier molecular flexibility index (Phi) is 5.65. The SMILES string of the molecule is C[C@]1(N=[N+]=[N-])[C@H](N=C(NO)NC(N)C=N)O[C@](C)(CO)[C@H]1O. The Balaban J connectivity index is 3.19. The first-order chi connectivity index (χ1) is 10.3. The molecule has 1 unspecified atom stereocenters. The molecule has 1 aliphatic rings. The van der Waals surface area contributed by atoms with Gasteiger partial charge in [0.2, 0.25) is 5.96 Å². The average Bonchev–Trinajstić information content (AvgIpc) is 2.69. The molecule has 0 aromatic heterocycles. The normalized spacial score (nSPS) is 36.4. The van der Waals surface area contributed by atoms with Gasteiger partial charge in [0.25, 0.3) is 0 Å². The summed E-state index contributed by atoms with van der Waals surface area (Å²) >= 11 is 0. The Morgan fingerprint density at radius 2 is 2.27 bits per heavy atom. The van der Waals surface area contributed by atoms with Crippen LogP contribution in [-0.2, 0) is 4.74 Å². The maximum Gasteiger partial charge on any atom is 0.219 e. The second-order valence-electron chi connectivity index (χ2n) is 5.19. The number of nitrogens with zero attached hydrogens (tertiary/aromatic N) is 4. The standard InChI is InChI=1S/C10H20N8O4/c1-9(4-19)6(20)10(2,17-18-13)7(22-9)15-8(16-21)14-5(12)3-11/h3,5-7,11,19-21H,4,12H2,1-2H3,(H2,14,15,16)/t5?,6-,7-,9-,10-/m1/s1. The van der Waals surface area contributed by atoms with Gasteiger partial charge in [0.15, 0.2) is 6.23 Å². The smallest absolute Gasteiger partial charge is 0.219 e. The second kappa shape index (κ2) is 6.87. The van der Waals surface area contributed by atoms with E-state index in [9.17, 15) is 10.2 Å². The molecule has 0 spiro atoms. The largest absolute Gasteiger partial charge is 0.393 e. The molecular formula is C10H20N8O4. The summed E-state index contributed by atoms with van der Waals surface area (Å²) in [6.07, 6.45) is -2.62. The molecule has 1 heterocycles. The van der Waals surface area contributed by atoms with Crippen molar-refractivity contribution < 1.29 is 20.2 Å². The number of nitrogens with one attached hydrogen (secondary N) is 3. The topological polar surface area (TPSA) is 205 Å². The minimum Gasteiger partial charge on any atom is -0.393 e. The summed E-state index contributed by atoms with van der Waals surface area (Å²) in [6.45, 7) is 2.30. The number of hydrogen-bond acceptors (Lipinski definition) is 8. The minimum absolute atomic E-state index is 0.255. The van der Waals surface area contributed by atoms with E-state index in [1.165, 1.54) is 13.8 Å². The first kappa shape index (κ1) is 18.1. The molecule has 0 aromatic carbocycles. The molecule has 12 nitrogen and oxygen atoms in total. The molecule has 0 amide bonds. The minimum atomic E-state index is -1.52. The van der Waals surface area contributed by atoms with Gasteiger partial charge in [0, 0.05) is 11.1 Å². The lowest BCUT2D eigenvalue weighted by Crippen LogP contribution is -2.50. The van der Waals surface area contributed by atoms with E-state index in [1.54, 1.807) is 5.48 Å². The lowest BCUT2D eigenvalue weighted by atomic mass is 9.87. The molecule has 0 bridgehead atoms. The highest BCUT2D eigenvalue weighted by atomic mass is 16.6. The van der Waals surface area contributed by atoms with E-state index in [0.29, 0.717) is 0 Å². The number of hydrogen-bond donors (Lipinski definition) is 7. The van der Waals surface area contributed by atoms with Crippen LogP contribution in [0.5, 0.6) is 0 Å². The van der Waals surface area contributed by atoms with Crippen LogP contribution in [0.1, 0.15) is 13.8 Å². The summed E-state index contributed by atoms with van der Waals surface area (Å²) in [5.74, 6) is -0.255. The van der Waals surface area contributed by atoms with Crippen molar-refractivity contribution in [3.8, 4) is 0 Å². The maximum absolute atomic E-state index is 10.3. The lowest BCUT2D eigenvalue weighted by molar-refractivity contribution is -0.0967. The molecule has 12 heteroatoms. The van der Waals surface area contributed by atoms with Crippen molar-refractivity contribution in [2.75, 3.05) is 6.61 Å². The zero-order valence-corrected chi connectivity index (χ0v) is 12.1. The number of rotatable bonds is 5. The van der Waals surface area contributed by atoms with Gasteiger partial charge in [-0.3, -0.25) is 5.21 Å². The molecule has 1 aliphatic heterocycles. The highest BCUT2D eigenvalue weighted by Crippen LogP contribution is 2.41. The molecule has 124 valence electrons. The number of guanidine groups is 1. The molecule has 1 fully saturated rings. The molecule has 22 heavy (non-hydrogen) atoms. The fourth-order valence-electron chi connectivity index (χ4n) is 2.09. The summed E-state index contributed by atoms with van der Waals surface area (Å²) < 4.78 is 5.48. The van der Waals surface area contributed by atoms with Crippen molar-refractivity contribution in [2.24, 2.45) is 15.8 Å². The summed E-state index contributed by atoms with van der Waals surface area (Å²) in [5.41, 5.74) is 13.0. The summed E-state index contributed by atoms with van der Waals surface area (Å²) in [5, 5.41) is 41.7. The highest BCUT2D eigenvalue weighted by molar-refractivity contribution is 5.82. The predicted octanol–water partition coefficient (Wildman–Crippen LogP) is -1.62. The van der Waals surface area contributed by atoms with Crippen LogP contribution < -0.4 is 16.5 Å². The molecular weight excluding hydrogens is 296 g/mol. The van der Waals surface area contributed by atoms with Crippen molar-refractivity contribution in [1.29, 1.82) is 5.41 Å².